The molecular weight excluding hydrogens is 421 g/mol. The second-order valence-corrected chi connectivity index (χ2v) is 9.78. The van der Waals surface area contributed by atoms with Gasteiger partial charge in [0.15, 0.2) is 0 Å². The molecule has 0 unspecified atom stereocenters. The highest BCUT2D eigenvalue weighted by atomic mass is 32.2. The van der Waals surface area contributed by atoms with Crippen LogP contribution in [0.1, 0.15) is 35.6 Å². The topological polar surface area (TPSA) is 120 Å². The van der Waals surface area contributed by atoms with Crippen molar-refractivity contribution in [2.45, 2.75) is 31.6 Å². The zero-order valence-electron chi connectivity index (χ0n) is 16.9. The summed E-state index contributed by atoms with van der Waals surface area (Å²) in [6, 6.07) is 11.0. The molecule has 0 saturated carbocycles. The molecule has 0 radical (unpaired) electrons. The van der Waals surface area contributed by atoms with Crippen LogP contribution in [0, 0.1) is 11.2 Å². The number of nitrogens with two attached hydrogens (primary N) is 1. The van der Waals surface area contributed by atoms with Crippen LogP contribution in [0.5, 0.6) is 0 Å². The van der Waals surface area contributed by atoms with Crippen molar-refractivity contribution in [1.82, 2.24) is 9.78 Å². The number of hydrogen-bond acceptors (Lipinski definition) is 6. The average molecular weight is 441 g/mol. The van der Waals surface area contributed by atoms with Gasteiger partial charge >= 0.3 is 0 Å². The molecule has 1 aliphatic rings. The number of carbonyl (C=O) groups is 1. The fourth-order valence-corrected chi connectivity index (χ4v) is 4.07. The molecule has 1 aromatic heterocycles. The number of primary sulfonamides is 1. The number of nitrogens with zero attached hydrogens (tertiary/aromatic N) is 4. The number of sulfonamides is 1. The predicted octanol–water partition coefficient (Wildman–Crippen LogP) is 3.90. The standard InChI is InChI=1S/C21H20FN5O3S/c1-21(2)11-17-19(25-24-15-7-9-16(10-8-15)31(23,29)30)18(12-21)27(26-17)20(28)13-3-5-14(22)6-4-13/h3-10H,11-12H2,1-2H3,(H2,23,29,30). The van der Waals surface area contributed by atoms with E-state index in [-0.39, 0.29) is 16.2 Å². The van der Waals surface area contributed by atoms with E-state index in [0.29, 0.717) is 41.2 Å². The van der Waals surface area contributed by atoms with Gasteiger partial charge < -0.3 is 0 Å². The van der Waals surface area contributed by atoms with E-state index in [1.54, 1.807) is 0 Å². The Labute approximate surface area is 178 Å². The fraction of sp³-hybridized carbons (Fsp3) is 0.238. The van der Waals surface area contributed by atoms with Gasteiger partial charge in [-0.05, 0) is 66.8 Å². The molecule has 160 valence electrons. The summed E-state index contributed by atoms with van der Waals surface area (Å²) in [7, 11) is -3.79. The van der Waals surface area contributed by atoms with E-state index in [4.69, 9.17) is 5.14 Å². The molecule has 0 fully saturated rings. The number of aromatic nitrogens is 2. The number of benzene rings is 2. The van der Waals surface area contributed by atoms with Crippen LogP contribution < -0.4 is 5.14 Å². The largest absolute Gasteiger partial charge is 0.278 e. The summed E-state index contributed by atoms with van der Waals surface area (Å²) >= 11 is 0. The van der Waals surface area contributed by atoms with Crippen molar-refractivity contribution in [2.24, 2.45) is 20.8 Å². The first-order valence-electron chi connectivity index (χ1n) is 9.49. The molecule has 2 aromatic carbocycles. The molecule has 4 rings (SSSR count). The van der Waals surface area contributed by atoms with Gasteiger partial charge in [0, 0.05) is 5.56 Å². The van der Waals surface area contributed by atoms with E-state index in [9.17, 15) is 17.6 Å². The first-order valence-corrected chi connectivity index (χ1v) is 11.0. The molecule has 10 heteroatoms. The third-order valence-corrected chi connectivity index (χ3v) is 5.96. The van der Waals surface area contributed by atoms with Crippen molar-refractivity contribution < 1.29 is 17.6 Å². The smallest absolute Gasteiger partial charge is 0.267 e. The van der Waals surface area contributed by atoms with Crippen molar-refractivity contribution in [2.75, 3.05) is 0 Å². The maximum atomic E-state index is 13.2. The fourth-order valence-electron chi connectivity index (χ4n) is 3.55. The summed E-state index contributed by atoms with van der Waals surface area (Å²) in [5.74, 6) is -0.792. The second kappa shape index (κ2) is 7.47. The van der Waals surface area contributed by atoms with Crippen molar-refractivity contribution in [1.29, 1.82) is 0 Å². The summed E-state index contributed by atoms with van der Waals surface area (Å²) in [5, 5.41) is 18.1. The highest BCUT2D eigenvalue weighted by Gasteiger charge is 2.35. The Kier molecular flexibility index (Phi) is 5.06. The third-order valence-electron chi connectivity index (χ3n) is 5.03. The minimum atomic E-state index is -3.79. The molecular formula is C21H20FN5O3S. The highest BCUT2D eigenvalue weighted by Crippen LogP contribution is 2.41. The molecule has 0 aliphatic heterocycles. The van der Waals surface area contributed by atoms with Crippen molar-refractivity contribution >= 4 is 27.3 Å². The Morgan fingerprint density at radius 1 is 1.06 bits per heavy atom. The van der Waals surface area contributed by atoms with Crippen LogP contribution in [0.3, 0.4) is 0 Å². The molecule has 8 nitrogen and oxygen atoms in total. The van der Waals surface area contributed by atoms with Gasteiger partial charge in [0.1, 0.15) is 11.5 Å². The van der Waals surface area contributed by atoms with Crippen molar-refractivity contribution in [3.63, 3.8) is 0 Å². The Balaban J connectivity index is 1.70. The van der Waals surface area contributed by atoms with Gasteiger partial charge in [-0.15, -0.1) is 5.11 Å². The predicted molar refractivity (Wildman–Crippen MR) is 112 cm³/mol. The molecule has 0 spiro atoms. The number of carbonyl (C=O) groups excluding carboxylic acids is 1. The summed E-state index contributed by atoms with van der Waals surface area (Å²) in [6.45, 7) is 4.16. The summed E-state index contributed by atoms with van der Waals surface area (Å²) in [5.41, 5.74) is 2.44. The molecule has 0 atom stereocenters. The van der Waals surface area contributed by atoms with Crippen LogP contribution in [0.15, 0.2) is 63.7 Å². The lowest BCUT2D eigenvalue weighted by molar-refractivity contribution is 0.0941. The number of rotatable bonds is 4. The maximum Gasteiger partial charge on any atom is 0.278 e. The SMILES string of the molecule is CC1(C)Cc2nn(C(=O)c3ccc(F)cc3)c(c2N=Nc2ccc(S(N)(=O)=O)cc2)C1. The quantitative estimate of drug-likeness (QED) is 0.617. The van der Waals surface area contributed by atoms with Crippen LogP contribution in [0.25, 0.3) is 0 Å². The van der Waals surface area contributed by atoms with E-state index in [0.717, 1.165) is 0 Å². The van der Waals surface area contributed by atoms with Crippen LogP contribution in [-0.4, -0.2) is 24.1 Å². The van der Waals surface area contributed by atoms with Gasteiger partial charge in [0.05, 0.1) is 22.0 Å². The molecule has 0 saturated heterocycles. The highest BCUT2D eigenvalue weighted by molar-refractivity contribution is 7.89. The van der Waals surface area contributed by atoms with E-state index in [1.807, 2.05) is 0 Å². The van der Waals surface area contributed by atoms with Gasteiger partial charge in [0.2, 0.25) is 10.0 Å². The lowest BCUT2D eigenvalue weighted by atomic mass is 9.79. The second-order valence-electron chi connectivity index (χ2n) is 8.22. The van der Waals surface area contributed by atoms with Crippen LogP contribution in [0.4, 0.5) is 15.8 Å². The Morgan fingerprint density at radius 2 is 1.71 bits per heavy atom. The van der Waals surface area contributed by atoms with E-state index in [1.165, 1.54) is 53.2 Å². The van der Waals surface area contributed by atoms with Crippen LogP contribution >= 0.6 is 0 Å². The first kappa shape index (κ1) is 21.0. The van der Waals surface area contributed by atoms with Gasteiger partial charge in [0.25, 0.3) is 5.91 Å². The Morgan fingerprint density at radius 3 is 2.32 bits per heavy atom. The zero-order valence-corrected chi connectivity index (χ0v) is 17.7. The van der Waals surface area contributed by atoms with E-state index >= 15 is 0 Å². The normalized spacial score (nSPS) is 15.4. The third kappa shape index (κ3) is 4.30. The Bertz CT molecular complexity index is 1290. The zero-order chi connectivity index (χ0) is 22.4. The molecule has 1 heterocycles. The van der Waals surface area contributed by atoms with Crippen molar-refractivity contribution in [3.05, 3.63) is 71.3 Å². The van der Waals surface area contributed by atoms with Gasteiger partial charge in [-0.25, -0.2) is 17.9 Å². The molecule has 3 aromatic rings. The minimum Gasteiger partial charge on any atom is -0.267 e. The molecule has 2 bridgehead atoms. The van der Waals surface area contributed by atoms with E-state index in [2.05, 4.69) is 29.2 Å². The minimum absolute atomic E-state index is 0.0200. The van der Waals surface area contributed by atoms with Gasteiger partial charge in [-0.3, -0.25) is 4.79 Å². The molecule has 2 N–H and O–H groups in total. The molecule has 0 amide bonds. The molecule has 31 heavy (non-hydrogen) atoms. The number of hydrogen-bond donors (Lipinski definition) is 1. The van der Waals surface area contributed by atoms with Gasteiger partial charge in [-0.1, -0.05) is 13.8 Å². The first-order chi connectivity index (χ1) is 14.5. The van der Waals surface area contributed by atoms with Gasteiger partial charge in [-0.2, -0.15) is 14.9 Å². The lowest BCUT2D eigenvalue weighted by Gasteiger charge is -2.26. The number of azo groups is 1. The summed E-state index contributed by atoms with van der Waals surface area (Å²) < 4.78 is 37.3. The average Bonchev–Trinajstić information content (AvgIpc) is 2.93. The van der Waals surface area contributed by atoms with Crippen LogP contribution in [-0.2, 0) is 22.9 Å². The number of halogens is 1. The maximum absolute atomic E-state index is 13.2. The van der Waals surface area contributed by atoms with Crippen LogP contribution in [0.2, 0.25) is 0 Å². The summed E-state index contributed by atoms with van der Waals surface area (Å²) in [6.07, 6.45) is 1.17. The number of fused-ring (bicyclic) bond motifs is 2. The van der Waals surface area contributed by atoms with Crippen molar-refractivity contribution in [3.8, 4) is 0 Å². The lowest BCUT2D eigenvalue weighted by Crippen LogP contribution is -2.23. The van der Waals surface area contributed by atoms with E-state index < -0.39 is 15.8 Å². The Hall–Kier alpha value is -3.24. The summed E-state index contributed by atoms with van der Waals surface area (Å²) in [4.78, 5) is 13.0. The monoisotopic (exact) mass is 441 g/mol. The molecule has 1 aliphatic carbocycles.